The normalized spacial score (nSPS) is 17.4. The first-order valence-electron chi connectivity index (χ1n) is 6.74. The van der Waals surface area contributed by atoms with Gasteiger partial charge in [0, 0.05) is 17.8 Å². The van der Waals surface area contributed by atoms with E-state index in [-0.39, 0.29) is 12.1 Å². The zero-order chi connectivity index (χ0) is 15.0. The predicted molar refractivity (Wildman–Crippen MR) is 86.0 cm³/mol. The lowest BCUT2D eigenvalue weighted by Gasteiger charge is -2.38. The van der Waals surface area contributed by atoms with Crippen molar-refractivity contribution in [2.24, 2.45) is 0 Å². The monoisotopic (exact) mass is 320 g/mol. The van der Waals surface area contributed by atoms with Crippen LogP contribution in [0.4, 0.5) is 5.69 Å². The topological polar surface area (TPSA) is 32.3 Å². The smallest absolute Gasteiger partial charge is 0.257 e. The summed E-state index contributed by atoms with van der Waals surface area (Å²) in [6.07, 6.45) is -0.316. The Morgan fingerprint density at radius 3 is 2.67 bits per heavy atom. The molecule has 1 unspecified atom stereocenters. The molecule has 1 N–H and O–H groups in total. The molecule has 0 radical (unpaired) electrons. The Hall–Kier alpha value is -1.71. The number of anilines is 1. The summed E-state index contributed by atoms with van der Waals surface area (Å²) in [5, 5.41) is 4.33. The first-order chi connectivity index (χ1) is 10.1. The molecule has 1 aliphatic heterocycles. The molecule has 2 aromatic carbocycles. The fraction of sp³-hybridized carbons (Fsp3) is 0.188. The number of nitrogens with one attached hydrogen (secondary N) is 1. The molecule has 1 atom stereocenters. The van der Waals surface area contributed by atoms with E-state index in [0.717, 1.165) is 11.3 Å². The average Bonchev–Trinajstić information content (AvgIpc) is 2.50. The minimum absolute atomic E-state index is 0.00658. The molecule has 0 saturated carbocycles. The average molecular weight is 321 g/mol. The molecule has 3 nitrogen and oxygen atoms in total. The quantitative estimate of drug-likeness (QED) is 0.878. The van der Waals surface area contributed by atoms with E-state index in [9.17, 15) is 4.79 Å². The van der Waals surface area contributed by atoms with Crippen molar-refractivity contribution in [1.82, 2.24) is 4.90 Å². The van der Waals surface area contributed by atoms with Gasteiger partial charge in [-0.1, -0.05) is 47.5 Å². The predicted octanol–water partition coefficient (Wildman–Crippen LogP) is 4.58. The van der Waals surface area contributed by atoms with Crippen LogP contribution in [-0.2, 0) is 0 Å². The Bertz CT molecular complexity index is 702. The second kappa shape index (κ2) is 5.58. The molecule has 0 fully saturated rings. The van der Waals surface area contributed by atoms with E-state index in [1.165, 1.54) is 0 Å². The highest BCUT2D eigenvalue weighted by Gasteiger charge is 2.32. The van der Waals surface area contributed by atoms with Gasteiger partial charge in [-0.15, -0.1) is 0 Å². The van der Waals surface area contributed by atoms with E-state index in [0.29, 0.717) is 22.2 Å². The highest BCUT2D eigenvalue weighted by atomic mass is 35.5. The van der Waals surface area contributed by atoms with Crippen LogP contribution in [0.2, 0.25) is 10.0 Å². The van der Waals surface area contributed by atoms with Gasteiger partial charge in [-0.2, -0.15) is 0 Å². The van der Waals surface area contributed by atoms with Crippen molar-refractivity contribution in [3.63, 3.8) is 0 Å². The minimum atomic E-state index is -0.316. The summed E-state index contributed by atoms with van der Waals surface area (Å²) < 4.78 is 0. The molecule has 21 heavy (non-hydrogen) atoms. The van der Waals surface area contributed by atoms with Crippen LogP contribution in [0, 0.1) is 0 Å². The van der Waals surface area contributed by atoms with Crippen LogP contribution >= 0.6 is 23.2 Å². The fourth-order valence-electron chi connectivity index (χ4n) is 2.60. The minimum Gasteiger partial charge on any atom is -0.361 e. The van der Waals surface area contributed by atoms with Crippen LogP contribution in [-0.4, -0.2) is 17.4 Å². The molecule has 5 heteroatoms. The van der Waals surface area contributed by atoms with Crippen LogP contribution in [0.5, 0.6) is 0 Å². The van der Waals surface area contributed by atoms with E-state index in [1.54, 1.807) is 11.0 Å². The second-order valence-electron chi connectivity index (χ2n) is 4.83. The van der Waals surface area contributed by atoms with Crippen molar-refractivity contribution >= 4 is 34.8 Å². The van der Waals surface area contributed by atoms with Crippen LogP contribution < -0.4 is 5.32 Å². The molecule has 0 aromatic heterocycles. The lowest BCUT2D eigenvalue weighted by molar-refractivity contribution is 0.0695. The van der Waals surface area contributed by atoms with E-state index in [2.05, 4.69) is 5.32 Å². The first kappa shape index (κ1) is 14.2. The molecule has 108 valence electrons. The van der Waals surface area contributed by atoms with Crippen molar-refractivity contribution in [1.29, 1.82) is 0 Å². The van der Waals surface area contributed by atoms with Crippen LogP contribution in [0.1, 0.15) is 29.0 Å². The Kier molecular flexibility index (Phi) is 3.79. The molecule has 0 aliphatic carbocycles. The largest absolute Gasteiger partial charge is 0.361 e. The summed E-state index contributed by atoms with van der Waals surface area (Å²) in [5.41, 5.74) is 2.29. The lowest BCUT2D eigenvalue weighted by atomic mass is 10.0. The molecule has 2 aromatic rings. The number of para-hydroxylation sites is 1. The number of hydrogen-bond donors (Lipinski definition) is 1. The van der Waals surface area contributed by atoms with Gasteiger partial charge in [-0.25, -0.2) is 0 Å². The molecule has 0 bridgehead atoms. The summed E-state index contributed by atoms with van der Waals surface area (Å²) in [6, 6.07) is 12.9. The van der Waals surface area contributed by atoms with Gasteiger partial charge in [0.25, 0.3) is 5.91 Å². The third kappa shape index (κ3) is 2.37. The van der Waals surface area contributed by atoms with Gasteiger partial charge in [0.1, 0.15) is 6.17 Å². The number of benzene rings is 2. The third-order valence-corrected chi connectivity index (χ3v) is 4.47. The lowest BCUT2D eigenvalue weighted by Crippen LogP contribution is -2.42. The van der Waals surface area contributed by atoms with Crippen molar-refractivity contribution in [2.45, 2.75) is 13.1 Å². The van der Waals surface area contributed by atoms with E-state index in [1.807, 2.05) is 43.3 Å². The van der Waals surface area contributed by atoms with Crippen molar-refractivity contribution in [2.75, 3.05) is 11.9 Å². The number of rotatable bonds is 2. The summed E-state index contributed by atoms with van der Waals surface area (Å²) in [7, 11) is 0. The Labute approximate surface area is 133 Å². The number of carbonyl (C=O) groups is 1. The fourth-order valence-corrected chi connectivity index (χ4v) is 3.01. The van der Waals surface area contributed by atoms with Crippen molar-refractivity contribution in [3.05, 3.63) is 63.6 Å². The van der Waals surface area contributed by atoms with Gasteiger partial charge in [-0.3, -0.25) is 4.79 Å². The SMILES string of the molecule is CCN1C(=O)c2ccccc2NC1c1cccc(Cl)c1Cl. The van der Waals surface area contributed by atoms with E-state index >= 15 is 0 Å². The number of carbonyl (C=O) groups excluding carboxylic acids is 1. The highest BCUT2D eigenvalue weighted by Crippen LogP contribution is 2.37. The zero-order valence-electron chi connectivity index (χ0n) is 11.4. The molecule has 0 spiro atoms. The number of halogens is 2. The highest BCUT2D eigenvalue weighted by molar-refractivity contribution is 6.42. The van der Waals surface area contributed by atoms with E-state index < -0.39 is 0 Å². The van der Waals surface area contributed by atoms with Crippen LogP contribution in [0.3, 0.4) is 0 Å². The van der Waals surface area contributed by atoms with Crippen molar-refractivity contribution < 1.29 is 4.79 Å². The summed E-state index contributed by atoms with van der Waals surface area (Å²) in [6.45, 7) is 2.52. The van der Waals surface area contributed by atoms with Crippen LogP contribution in [0.15, 0.2) is 42.5 Å². The molecule has 3 rings (SSSR count). The van der Waals surface area contributed by atoms with Gasteiger partial charge in [0.2, 0.25) is 0 Å². The number of amides is 1. The van der Waals surface area contributed by atoms with Crippen LogP contribution in [0.25, 0.3) is 0 Å². The summed E-state index contributed by atoms with van der Waals surface area (Å²) in [4.78, 5) is 14.4. The van der Waals surface area contributed by atoms with Gasteiger partial charge < -0.3 is 10.2 Å². The Morgan fingerprint density at radius 1 is 1.14 bits per heavy atom. The number of hydrogen-bond acceptors (Lipinski definition) is 2. The standard InChI is InChI=1S/C16H14Cl2N2O/c1-2-20-15(11-7-5-8-12(17)14(11)18)19-13-9-4-3-6-10(13)16(20)21/h3-9,15,19H,2H2,1H3. The van der Waals surface area contributed by atoms with Gasteiger partial charge in [0.15, 0.2) is 0 Å². The zero-order valence-corrected chi connectivity index (χ0v) is 12.9. The van der Waals surface area contributed by atoms with Gasteiger partial charge in [0.05, 0.1) is 15.6 Å². The number of nitrogens with zero attached hydrogens (tertiary/aromatic N) is 1. The van der Waals surface area contributed by atoms with Gasteiger partial charge >= 0.3 is 0 Å². The third-order valence-electron chi connectivity index (χ3n) is 3.64. The maximum atomic E-state index is 12.6. The Balaban J connectivity index is 2.11. The number of fused-ring (bicyclic) bond motifs is 1. The summed E-state index contributed by atoms with van der Waals surface area (Å²) in [5.74, 6) is -0.00658. The molecule has 1 heterocycles. The van der Waals surface area contributed by atoms with E-state index in [4.69, 9.17) is 23.2 Å². The molecular weight excluding hydrogens is 307 g/mol. The molecular formula is C16H14Cl2N2O. The van der Waals surface area contributed by atoms with Gasteiger partial charge in [-0.05, 0) is 25.1 Å². The van der Waals surface area contributed by atoms with Crippen molar-refractivity contribution in [3.8, 4) is 0 Å². The second-order valence-corrected chi connectivity index (χ2v) is 5.61. The molecule has 0 saturated heterocycles. The Morgan fingerprint density at radius 2 is 1.90 bits per heavy atom. The molecule has 1 aliphatic rings. The maximum Gasteiger partial charge on any atom is 0.257 e. The first-order valence-corrected chi connectivity index (χ1v) is 7.49. The summed E-state index contributed by atoms with van der Waals surface area (Å²) >= 11 is 12.4. The maximum absolute atomic E-state index is 12.6. The molecule has 1 amide bonds.